The Labute approximate surface area is 73.9 Å². The smallest absolute Gasteiger partial charge is 0.216 e. The van der Waals surface area contributed by atoms with Gasteiger partial charge in [0.15, 0.2) is 0 Å². The molecule has 0 amide bonds. The highest BCUT2D eigenvalue weighted by Crippen LogP contribution is 2.31. The number of hydrogen-bond donors (Lipinski definition) is 1. The fourth-order valence-corrected chi connectivity index (χ4v) is 2.09. The Morgan fingerprint density at radius 3 is 2.25 bits per heavy atom. The molecule has 0 aromatic carbocycles. The lowest BCUT2D eigenvalue weighted by atomic mass is 9.80. The normalized spacial score (nSPS) is 22.3. The molecule has 1 unspecified atom stereocenters. The van der Waals surface area contributed by atoms with Crippen molar-refractivity contribution in [3.05, 3.63) is 0 Å². The van der Waals surface area contributed by atoms with Gasteiger partial charge in [0, 0.05) is 13.1 Å². The summed E-state index contributed by atoms with van der Waals surface area (Å²) in [6, 6.07) is 0.0498. The first-order chi connectivity index (χ1) is 5.43. The van der Waals surface area contributed by atoms with Crippen LogP contribution in [0.3, 0.4) is 0 Å². The molecule has 12 heavy (non-hydrogen) atoms. The fourth-order valence-electron chi connectivity index (χ4n) is 1.45. The maximum Gasteiger partial charge on any atom is 0.276 e. The molecule has 0 saturated heterocycles. The van der Waals surface area contributed by atoms with Gasteiger partial charge in [-0.15, -0.1) is 0 Å². The van der Waals surface area contributed by atoms with E-state index in [9.17, 15) is 8.42 Å². The van der Waals surface area contributed by atoms with Gasteiger partial charge in [0.2, 0.25) is 0 Å². The van der Waals surface area contributed by atoms with Crippen molar-refractivity contribution in [1.29, 1.82) is 0 Å². The topological polar surface area (TPSA) is 63.4 Å². The molecule has 1 aliphatic carbocycles. The van der Waals surface area contributed by atoms with Crippen molar-refractivity contribution < 1.29 is 8.42 Å². The molecule has 0 bridgehead atoms. The average molecular weight is 192 g/mol. The van der Waals surface area contributed by atoms with Crippen LogP contribution in [0.1, 0.15) is 26.2 Å². The summed E-state index contributed by atoms with van der Waals surface area (Å²) < 4.78 is 23.1. The molecule has 0 aliphatic heterocycles. The summed E-state index contributed by atoms with van der Waals surface area (Å²) in [5, 5.41) is 4.99. The Morgan fingerprint density at radius 1 is 1.50 bits per heavy atom. The highest BCUT2D eigenvalue weighted by molar-refractivity contribution is 7.86. The van der Waals surface area contributed by atoms with Gasteiger partial charge in [-0.05, 0) is 25.7 Å². The predicted molar refractivity (Wildman–Crippen MR) is 47.7 cm³/mol. The van der Waals surface area contributed by atoms with Crippen LogP contribution in [-0.4, -0.2) is 25.8 Å². The lowest BCUT2D eigenvalue weighted by Crippen LogP contribution is -2.45. The minimum Gasteiger partial charge on any atom is -0.216 e. The zero-order valence-electron chi connectivity index (χ0n) is 7.53. The molecule has 72 valence electrons. The second-order valence-electron chi connectivity index (χ2n) is 3.49. The summed E-state index contributed by atoms with van der Waals surface area (Å²) in [5.41, 5.74) is 0. The highest BCUT2D eigenvalue weighted by atomic mass is 32.2. The molecular weight excluding hydrogens is 176 g/mol. The van der Waals surface area contributed by atoms with Crippen LogP contribution in [0.4, 0.5) is 0 Å². The molecule has 1 saturated carbocycles. The summed E-state index contributed by atoms with van der Waals surface area (Å²) in [4.78, 5) is 0. The van der Waals surface area contributed by atoms with Gasteiger partial charge in [0.1, 0.15) is 0 Å². The van der Waals surface area contributed by atoms with E-state index in [4.69, 9.17) is 5.14 Å². The van der Waals surface area contributed by atoms with Gasteiger partial charge in [-0.2, -0.15) is 12.7 Å². The molecule has 1 atom stereocenters. The van der Waals surface area contributed by atoms with Crippen LogP contribution >= 0.6 is 0 Å². The average Bonchev–Trinajstić information content (AvgIpc) is 1.79. The molecule has 0 spiro atoms. The van der Waals surface area contributed by atoms with Crippen molar-refractivity contribution >= 4 is 10.2 Å². The van der Waals surface area contributed by atoms with Crippen LogP contribution in [0.15, 0.2) is 0 Å². The molecule has 2 N–H and O–H groups in total. The Balaban J connectivity index is 2.57. The van der Waals surface area contributed by atoms with Crippen LogP contribution in [0.25, 0.3) is 0 Å². The second kappa shape index (κ2) is 3.32. The van der Waals surface area contributed by atoms with Crippen molar-refractivity contribution in [2.75, 3.05) is 7.05 Å². The van der Waals surface area contributed by atoms with E-state index < -0.39 is 10.2 Å². The maximum atomic E-state index is 10.9. The molecule has 0 aromatic heterocycles. The Kier molecular flexibility index (Phi) is 2.75. The zero-order valence-corrected chi connectivity index (χ0v) is 8.34. The summed E-state index contributed by atoms with van der Waals surface area (Å²) in [6.07, 6.45) is 3.47. The fraction of sp³-hybridized carbons (Fsp3) is 1.00. The van der Waals surface area contributed by atoms with Crippen LogP contribution in [0, 0.1) is 5.92 Å². The molecule has 1 rings (SSSR count). The SMILES string of the molecule is CC(C1CCC1)N(C)S(N)(=O)=O. The van der Waals surface area contributed by atoms with Crippen LogP contribution in [0.2, 0.25) is 0 Å². The second-order valence-corrected chi connectivity index (χ2v) is 5.10. The summed E-state index contributed by atoms with van der Waals surface area (Å²) >= 11 is 0. The van der Waals surface area contributed by atoms with E-state index in [-0.39, 0.29) is 6.04 Å². The molecule has 0 heterocycles. The first kappa shape index (κ1) is 9.95. The standard InChI is InChI=1S/C7H16N2O2S/c1-6(7-4-3-5-7)9(2)12(8,10)11/h6-7H,3-5H2,1-2H3,(H2,8,10,11). The first-order valence-corrected chi connectivity index (χ1v) is 5.69. The third-order valence-corrected chi connectivity index (χ3v) is 3.94. The first-order valence-electron chi connectivity index (χ1n) is 4.18. The zero-order chi connectivity index (χ0) is 9.35. The third kappa shape index (κ3) is 1.97. The summed E-state index contributed by atoms with van der Waals surface area (Å²) in [7, 11) is -1.95. The molecule has 5 heteroatoms. The van der Waals surface area contributed by atoms with Crippen molar-refractivity contribution in [2.45, 2.75) is 32.2 Å². The number of nitrogens with two attached hydrogens (primary N) is 1. The van der Waals surface area contributed by atoms with E-state index in [2.05, 4.69) is 0 Å². The minimum atomic E-state index is -3.49. The quantitative estimate of drug-likeness (QED) is 0.699. The molecule has 0 aromatic rings. The van der Waals surface area contributed by atoms with Gasteiger partial charge in [0.05, 0.1) is 0 Å². The van der Waals surface area contributed by atoms with Crippen LogP contribution in [0.5, 0.6) is 0 Å². The van der Waals surface area contributed by atoms with Crippen molar-refractivity contribution in [2.24, 2.45) is 11.1 Å². The lowest BCUT2D eigenvalue weighted by Gasteiger charge is -2.35. The van der Waals surface area contributed by atoms with Crippen molar-refractivity contribution in [3.63, 3.8) is 0 Å². The van der Waals surface area contributed by atoms with Crippen molar-refractivity contribution in [1.82, 2.24) is 4.31 Å². The number of hydrogen-bond acceptors (Lipinski definition) is 2. The maximum absolute atomic E-state index is 10.9. The lowest BCUT2D eigenvalue weighted by molar-refractivity contribution is 0.192. The number of nitrogens with zero attached hydrogens (tertiary/aromatic N) is 1. The van der Waals surface area contributed by atoms with Crippen molar-refractivity contribution in [3.8, 4) is 0 Å². The van der Waals surface area contributed by atoms with Crippen LogP contribution < -0.4 is 5.14 Å². The molecule has 0 radical (unpaired) electrons. The third-order valence-electron chi connectivity index (χ3n) is 2.81. The van der Waals surface area contributed by atoms with E-state index in [1.165, 1.54) is 10.7 Å². The van der Waals surface area contributed by atoms with Gasteiger partial charge in [-0.1, -0.05) is 6.42 Å². The van der Waals surface area contributed by atoms with E-state index in [0.717, 1.165) is 12.8 Å². The summed E-state index contributed by atoms with van der Waals surface area (Å²) in [6.45, 7) is 1.91. The molecule has 1 fully saturated rings. The summed E-state index contributed by atoms with van der Waals surface area (Å²) in [5.74, 6) is 0.508. The predicted octanol–water partition coefficient (Wildman–Crippen LogP) is 0.310. The monoisotopic (exact) mass is 192 g/mol. The Hall–Kier alpha value is -0.130. The van der Waals surface area contributed by atoms with E-state index in [1.54, 1.807) is 7.05 Å². The van der Waals surface area contributed by atoms with Gasteiger partial charge in [-0.3, -0.25) is 0 Å². The van der Waals surface area contributed by atoms with E-state index in [1.807, 2.05) is 6.92 Å². The minimum absolute atomic E-state index is 0.0498. The highest BCUT2D eigenvalue weighted by Gasteiger charge is 2.30. The van der Waals surface area contributed by atoms with Gasteiger partial charge >= 0.3 is 0 Å². The van der Waals surface area contributed by atoms with Crippen LogP contribution in [-0.2, 0) is 10.2 Å². The number of rotatable bonds is 3. The Morgan fingerprint density at radius 2 is 2.00 bits per heavy atom. The largest absolute Gasteiger partial charge is 0.276 e. The van der Waals surface area contributed by atoms with Gasteiger partial charge < -0.3 is 0 Å². The molecular formula is C7H16N2O2S. The van der Waals surface area contributed by atoms with Gasteiger partial charge in [0.25, 0.3) is 10.2 Å². The molecule has 1 aliphatic rings. The Bertz CT molecular complexity index is 246. The molecule has 4 nitrogen and oxygen atoms in total. The van der Waals surface area contributed by atoms with Gasteiger partial charge in [-0.25, -0.2) is 5.14 Å². The van der Waals surface area contributed by atoms with E-state index in [0.29, 0.717) is 5.92 Å². The van der Waals surface area contributed by atoms with E-state index >= 15 is 0 Å².